The minimum absolute atomic E-state index is 0.610. The van der Waals surface area contributed by atoms with E-state index < -0.39 is 21.6 Å². The van der Waals surface area contributed by atoms with Gasteiger partial charge in [-0.25, -0.2) is 13.5 Å². The van der Waals surface area contributed by atoms with Gasteiger partial charge in [-0.05, 0) is 67.1 Å². The Labute approximate surface area is 227 Å². The summed E-state index contributed by atoms with van der Waals surface area (Å²) in [6.07, 6.45) is 4.47. The van der Waals surface area contributed by atoms with Gasteiger partial charge in [0.05, 0.1) is 39.6 Å². The van der Waals surface area contributed by atoms with E-state index in [1.165, 1.54) is 12.8 Å². The molecule has 4 nitrogen and oxygen atoms in total. The first kappa shape index (κ1) is 25.9. The number of unbranched alkanes of at least 4 members (excludes halogenated alkanes) is 3. The Morgan fingerprint density at radius 3 is 1.65 bits per heavy atom. The van der Waals surface area contributed by atoms with Crippen LogP contribution in [0.4, 0.5) is 11.4 Å². The highest BCUT2D eigenvalue weighted by molar-refractivity contribution is 7.99. The van der Waals surface area contributed by atoms with Crippen LogP contribution in [-0.4, -0.2) is 15.0 Å². The van der Waals surface area contributed by atoms with Crippen molar-refractivity contribution in [1.82, 2.24) is 0 Å². The van der Waals surface area contributed by atoms with E-state index in [4.69, 9.17) is 4.84 Å². The Morgan fingerprint density at radius 2 is 1.16 bits per heavy atom. The Morgan fingerprint density at radius 1 is 0.649 bits per heavy atom. The molecule has 0 aromatic heterocycles. The SMILES string of the molecule is CCCCCCON1c2ccc(S(=O)c3ccccc3)cc2Sc2cc(S(=O)c3ccccc3)ccc21. The molecule has 0 amide bonds. The van der Waals surface area contributed by atoms with E-state index in [0.717, 1.165) is 53.6 Å². The van der Waals surface area contributed by atoms with Crippen LogP contribution in [-0.2, 0) is 26.4 Å². The molecule has 1 aliphatic heterocycles. The van der Waals surface area contributed by atoms with Crippen molar-refractivity contribution in [1.29, 1.82) is 0 Å². The molecule has 0 fully saturated rings. The third kappa shape index (κ3) is 5.91. The maximum absolute atomic E-state index is 13.2. The van der Waals surface area contributed by atoms with Gasteiger partial charge in [0.15, 0.2) is 0 Å². The third-order valence-corrected chi connectivity index (χ3v) is 9.94. The van der Waals surface area contributed by atoms with E-state index in [9.17, 15) is 8.42 Å². The molecule has 2 unspecified atom stereocenters. The Kier molecular flexibility index (Phi) is 8.56. The lowest BCUT2D eigenvalue weighted by atomic mass is 10.2. The topological polar surface area (TPSA) is 46.6 Å². The van der Waals surface area contributed by atoms with Crippen molar-refractivity contribution in [2.24, 2.45) is 0 Å². The van der Waals surface area contributed by atoms with Gasteiger partial charge in [-0.2, -0.15) is 0 Å². The molecule has 4 aromatic carbocycles. The second-order valence-corrected chi connectivity index (χ2v) is 12.8. The highest BCUT2D eigenvalue weighted by Gasteiger charge is 2.26. The first-order valence-electron chi connectivity index (χ1n) is 12.5. The number of anilines is 2. The first-order chi connectivity index (χ1) is 18.2. The summed E-state index contributed by atoms with van der Waals surface area (Å²) in [6.45, 7) is 2.81. The van der Waals surface area contributed by atoms with E-state index in [-0.39, 0.29) is 0 Å². The van der Waals surface area contributed by atoms with Gasteiger partial charge in [-0.15, -0.1) is 0 Å². The number of hydrogen-bond donors (Lipinski definition) is 0. The molecule has 0 saturated carbocycles. The zero-order valence-corrected chi connectivity index (χ0v) is 23.1. The fourth-order valence-electron chi connectivity index (χ4n) is 4.15. The standard InChI is InChI=1S/C30H29NO3S3/c1-2-3-4-11-20-34-31-27-18-16-25(36(32)23-12-7-5-8-13-23)21-29(27)35-30-22-26(17-19-28(30)31)37(33)24-14-9-6-10-15-24/h5-10,12-19,21-22H,2-4,11,20H2,1H3. The number of nitrogens with zero attached hydrogens (tertiary/aromatic N) is 1. The van der Waals surface area contributed by atoms with Gasteiger partial charge >= 0.3 is 0 Å². The molecule has 4 aromatic rings. The molecule has 0 aliphatic carbocycles. The average molecular weight is 548 g/mol. The minimum atomic E-state index is -1.28. The molecule has 0 saturated heterocycles. The highest BCUT2D eigenvalue weighted by Crippen LogP contribution is 2.49. The Balaban J connectivity index is 1.48. The average Bonchev–Trinajstić information content (AvgIpc) is 2.96. The molecule has 0 spiro atoms. The van der Waals surface area contributed by atoms with E-state index in [0.29, 0.717) is 6.61 Å². The molecular formula is C30H29NO3S3. The van der Waals surface area contributed by atoms with Crippen molar-refractivity contribution in [2.75, 3.05) is 11.7 Å². The van der Waals surface area contributed by atoms with E-state index in [1.807, 2.05) is 102 Å². The Hall–Kier alpha value is -2.71. The van der Waals surface area contributed by atoms with Gasteiger partial charge in [-0.3, -0.25) is 4.84 Å². The number of hydrogen-bond acceptors (Lipinski definition) is 5. The lowest BCUT2D eigenvalue weighted by Gasteiger charge is -2.32. The fourth-order valence-corrected chi connectivity index (χ4v) is 7.61. The summed E-state index contributed by atoms with van der Waals surface area (Å²) in [4.78, 5) is 11.3. The van der Waals surface area contributed by atoms with Crippen LogP contribution in [0.25, 0.3) is 0 Å². The van der Waals surface area contributed by atoms with Crippen molar-refractivity contribution >= 4 is 44.7 Å². The number of fused-ring (bicyclic) bond motifs is 2. The van der Waals surface area contributed by atoms with Gasteiger partial charge < -0.3 is 0 Å². The monoisotopic (exact) mass is 547 g/mol. The summed E-state index contributed by atoms with van der Waals surface area (Å²) in [6, 6.07) is 30.8. The zero-order valence-electron chi connectivity index (χ0n) is 20.7. The van der Waals surface area contributed by atoms with Crippen LogP contribution in [0.5, 0.6) is 0 Å². The first-order valence-corrected chi connectivity index (χ1v) is 15.6. The third-order valence-electron chi connectivity index (χ3n) is 6.08. The second-order valence-electron chi connectivity index (χ2n) is 8.71. The van der Waals surface area contributed by atoms with Crippen LogP contribution in [0.1, 0.15) is 32.6 Å². The maximum atomic E-state index is 13.2. The van der Waals surface area contributed by atoms with Crippen LogP contribution in [0.2, 0.25) is 0 Å². The molecule has 1 heterocycles. The fraction of sp³-hybridized carbons (Fsp3) is 0.200. The predicted molar refractivity (Wildman–Crippen MR) is 151 cm³/mol. The van der Waals surface area contributed by atoms with Crippen molar-refractivity contribution in [3.63, 3.8) is 0 Å². The molecule has 0 N–H and O–H groups in total. The molecule has 0 bridgehead atoms. The van der Waals surface area contributed by atoms with Crippen molar-refractivity contribution in [2.45, 2.75) is 62.0 Å². The molecule has 2 atom stereocenters. The summed E-state index contributed by atoms with van der Waals surface area (Å²) >= 11 is 1.60. The van der Waals surface area contributed by atoms with Gasteiger partial charge in [-0.1, -0.05) is 74.3 Å². The minimum Gasteiger partial charge on any atom is -0.269 e. The molecule has 0 radical (unpaired) electrons. The Bertz CT molecular complexity index is 1310. The largest absolute Gasteiger partial charge is 0.269 e. The van der Waals surface area contributed by atoms with E-state index >= 15 is 0 Å². The maximum Gasteiger partial charge on any atom is 0.0850 e. The molecule has 1 aliphatic rings. The summed E-state index contributed by atoms with van der Waals surface area (Å²) in [5.41, 5.74) is 1.86. The molecule has 190 valence electrons. The van der Waals surface area contributed by atoms with Gasteiger partial charge in [0, 0.05) is 29.4 Å². The van der Waals surface area contributed by atoms with Crippen molar-refractivity contribution < 1.29 is 13.3 Å². The van der Waals surface area contributed by atoms with Gasteiger partial charge in [0.2, 0.25) is 0 Å². The zero-order chi connectivity index (χ0) is 25.6. The van der Waals surface area contributed by atoms with Crippen molar-refractivity contribution in [3.8, 4) is 0 Å². The summed E-state index contributed by atoms with van der Waals surface area (Å²) in [5, 5.41) is 1.89. The lowest BCUT2D eigenvalue weighted by Crippen LogP contribution is -2.22. The van der Waals surface area contributed by atoms with Crippen LogP contribution in [0.3, 0.4) is 0 Å². The smallest absolute Gasteiger partial charge is 0.0850 e. The summed E-state index contributed by atoms with van der Waals surface area (Å²) in [7, 11) is -2.56. The van der Waals surface area contributed by atoms with Crippen molar-refractivity contribution in [3.05, 3.63) is 97.1 Å². The number of rotatable bonds is 10. The quantitative estimate of drug-likeness (QED) is 0.188. The van der Waals surface area contributed by atoms with E-state index in [2.05, 4.69) is 6.92 Å². The molecular weight excluding hydrogens is 519 g/mol. The van der Waals surface area contributed by atoms with Gasteiger partial charge in [0.1, 0.15) is 0 Å². The van der Waals surface area contributed by atoms with Gasteiger partial charge in [0.25, 0.3) is 0 Å². The molecule has 5 rings (SSSR count). The van der Waals surface area contributed by atoms with Crippen LogP contribution in [0.15, 0.2) is 126 Å². The lowest BCUT2D eigenvalue weighted by molar-refractivity contribution is 0.129. The normalized spacial score (nSPS) is 14.0. The predicted octanol–water partition coefficient (Wildman–Crippen LogP) is 8.13. The summed E-state index contributed by atoms with van der Waals surface area (Å²) < 4.78 is 26.5. The summed E-state index contributed by atoms with van der Waals surface area (Å²) in [5.74, 6) is 0. The van der Waals surface area contributed by atoms with Crippen LogP contribution < -0.4 is 5.06 Å². The van der Waals surface area contributed by atoms with Crippen LogP contribution in [0, 0.1) is 0 Å². The molecule has 37 heavy (non-hydrogen) atoms. The second kappa shape index (κ2) is 12.2. The molecule has 7 heteroatoms. The number of benzene rings is 4. The van der Waals surface area contributed by atoms with Crippen LogP contribution >= 0.6 is 11.8 Å². The van der Waals surface area contributed by atoms with E-state index in [1.54, 1.807) is 11.8 Å². The highest BCUT2D eigenvalue weighted by atomic mass is 32.2.